The van der Waals surface area contributed by atoms with Gasteiger partial charge in [0.2, 0.25) is 0 Å². The van der Waals surface area contributed by atoms with Crippen LogP contribution in [0.25, 0.3) is 0 Å². The third kappa shape index (κ3) is 4.65. The zero-order valence-electron chi connectivity index (χ0n) is 9.98. The lowest BCUT2D eigenvalue weighted by Gasteiger charge is -2.19. The molecule has 0 saturated heterocycles. The Morgan fingerprint density at radius 2 is 2.06 bits per heavy atom. The van der Waals surface area contributed by atoms with Gasteiger partial charge in [-0.1, -0.05) is 22.0 Å². The lowest BCUT2D eigenvalue weighted by Crippen LogP contribution is -2.24. The summed E-state index contributed by atoms with van der Waals surface area (Å²) in [7, 11) is -1.05. The minimum atomic E-state index is -2.92. The summed E-state index contributed by atoms with van der Waals surface area (Å²) >= 11 is 3.44. The van der Waals surface area contributed by atoms with Gasteiger partial charge in [0.25, 0.3) is 0 Å². The average molecular weight is 321 g/mol. The van der Waals surface area contributed by atoms with Crippen LogP contribution in [0.2, 0.25) is 0 Å². The summed E-state index contributed by atoms with van der Waals surface area (Å²) in [5, 5.41) is 0. The maximum Gasteiger partial charge on any atom is 0.149 e. The molecular weight excluding hydrogens is 304 g/mol. The molecule has 0 atom stereocenters. The van der Waals surface area contributed by atoms with Gasteiger partial charge in [0.1, 0.15) is 9.84 Å². The summed E-state index contributed by atoms with van der Waals surface area (Å²) in [4.78, 5) is 1.91. The van der Waals surface area contributed by atoms with Crippen LogP contribution < -0.4 is 10.6 Å². The highest BCUT2D eigenvalue weighted by Gasteiger charge is 2.08. The molecule has 1 aromatic carbocycles. The number of halogens is 1. The normalized spacial score (nSPS) is 11.5. The van der Waals surface area contributed by atoms with Gasteiger partial charge in [0, 0.05) is 36.6 Å². The molecule has 2 N–H and O–H groups in total. The summed E-state index contributed by atoms with van der Waals surface area (Å²) in [6, 6.07) is 5.83. The molecule has 0 amide bonds. The molecule has 0 heterocycles. The van der Waals surface area contributed by atoms with E-state index in [1.165, 1.54) is 6.26 Å². The first-order valence-electron chi connectivity index (χ1n) is 5.21. The molecule has 0 saturated carbocycles. The Hall–Kier alpha value is -0.590. The van der Waals surface area contributed by atoms with Crippen LogP contribution in [0.3, 0.4) is 0 Å². The number of nitrogens with two attached hydrogens (primary N) is 1. The number of rotatable bonds is 5. The molecule has 4 nitrogen and oxygen atoms in total. The SMILES string of the molecule is CN(CCS(C)(=O)=O)c1ccc(CN)c(Br)c1. The zero-order valence-corrected chi connectivity index (χ0v) is 12.4. The minimum absolute atomic E-state index is 0.153. The molecule has 0 bridgehead atoms. The molecule has 0 aliphatic heterocycles. The van der Waals surface area contributed by atoms with E-state index >= 15 is 0 Å². The monoisotopic (exact) mass is 320 g/mol. The quantitative estimate of drug-likeness (QED) is 0.890. The molecular formula is C11H17BrN2O2S. The zero-order chi connectivity index (χ0) is 13.1. The van der Waals surface area contributed by atoms with Gasteiger partial charge in [-0.05, 0) is 17.7 Å². The Labute approximate surface area is 111 Å². The molecule has 1 aromatic rings. The van der Waals surface area contributed by atoms with Crippen LogP contribution >= 0.6 is 15.9 Å². The van der Waals surface area contributed by atoms with Crippen molar-refractivity contribution in [3.8, 4) is 0 Å². The number of hydrogen-bond donors (Lipinski definition) is 1. The Bertz CT molecular complexity index is 488. The van der Waals surface area contributed by atoms with E-state index in [-0.39, 0.29) is 5.75 Å². The molecule has 0 unspecified atom stereocenters. The van der Waals surface area contributed by atoms with Gasteiger partial charge in [0.15, 0.2) is 0 Å². The number of sulfone groups is 1. The van der Waals surface area contributed by atoms with Crippen molar-refractivity contribution in [2.75, 3.05) is 30.5 Å². The first-order chi connectivity index (χ1) is 7.83. The second-order valence-electron chi connectivity index (χ2n) is 4.03. The topological polar surface area (TPSA) is 63.4 Å². The predicted molar refractivity (Wildman–Crippen MR) is 75.0 cm³/mol. The van der Waals surface area contributed by atoms with Crippen molar-refractivity contribution in [3.05, 3.63) is 28.2 Å². The maximum absolute atomic E-state index is 11.1. The molecule has 0 aromatic heterocycles. The number of benzene rings is 1. The Balaban J connectivity index is 2.76. The second kappa shape index (κ2) is 5.84. The summed E-state index contributed by atoms with van der Waals surface area (Å²) in [5.41, 5.74) is 7.57. The van der Waals surface area contributed by atoms with Crippen molar-refractivity contribution in [1.29, 1.82) is 0 Å². The fourth-order valence-electron chi connectivity index (χ4n) is 1.37. The second-order valence-corrected chi connectivity index (χ2v) is 7.15. The number of nitrogens with zero attached hydrogens (tertiary/aromatic N) is 1. The summed E-state index contributed by atoms with van der Waals surface area (Å²) in [6.45, 7) is 0.959. The molecule has 6 heteroatoms. The molecule has 0 radical (unpaired) electrons. The smallest absolute Gasteiger partial charge is 0.149 e. The van der Waals surface area contributed by atoms with Gasteiger partial charge in [-0.3, -0.25) is 0 Å². The molecule has 17 heavy (non-hydrogen) atoms. The van der Waals surface area contributed by atoms with Crippen molar-refractivity contribution in [2.45, 2.75) is 6.54 Å². The van der Waals surface area contributed by atoms with Gasteiger partial charge in [-0.15, -0.1) is 0 Å². The van der Waals surface area contributed by atoms with Crippen LogP contribution in [-0.4, -0.2) is 34.0 Å². The van der Waals surface area contributed by atoms with Crippen molar-refractivity contribution in [2.24, 2.45) is 5.73 Å². The first kappa shape index (κ1) is 14.5. The maximum atomic E-state index is 11.1. The highest BCUT2D eigenvalue weighted by Crippen LogP contribution is 2.23. The number of hydrogen-bond acceptors (Lipinski definition) is 4. The predicted octanol–water partition coefficient (Wildman–Crippen LogP) is 1.39. The van der Waals surface area contributed by atoms with Crippen molar-refractivity contribution < 1.29 is 8.42 Å². The first-order valence-corrected chi connectivity index (χ1v) is 8.06. The lowest BCUT2D eigenvalue weighted by molar-refractivity contribution is 0.601. The third-order valence-electron chi connectivity index (χ3n) is 2.49. The summed E-state index contributed by atoms with van der Waals surface area (Å²) < 4.78 is 23.1. The van der Waals surface area contributed by atoms with E-state index in [0.29, 0.717) is 13.1 Å². The fraction of sp³-hybridized carbons (Fsp3) is 0.455. The van der Waals surface area contributed by atoms with Crippen LogP contribution in [0.5, 0.6) is 0 Å². The summed E-state index contributed by atoms with van der Waals surface area (Å²) in [5.74, 6) is 0.153. The van der Waals surface area contributed by atoms with Gasteiger partial charge >= 0.3 is 0 Å². The Morgan fingerprint density at radius 1 is 1.41 bits per heavy atom. The van der Waals surface area contributed by atoms with E-state index in [0.717, 1.165) is 15.7 Å². The van der Waals surface area contributed by atoms with E-state index in [1.54, 1.807) is 0 Å². The molecule has 0 fully saturated rings. The molecule has 0 aliphatic rings. The third-order valence-corrected chi connectivity index (χ3v) is 4.16. The number of anilines is 1. The van der Waals surface area contributed by atoms with E-state index in [9.17, 15) is 8.42 Å². The van der Waals surface area contributed by atoms with Gasteiger partial charge in [0.05, 0.1) is 5.75 Å². The fourth-order valence-corrected chi connectivity index (χ4v) is 2.51. The van der Waals surface area contributed by atoms with Crippen molar-refractivity contribution in [1.82, 2.24) is 0 Å². The minimum Gasteiger partial charge on any atom is -0.374 e. The van der Waals surface area contributed by atoms with E-state index in [2.05, 4.69) is 15.9 Å². The highest BCUT2D eigenvalue weighted by molar-refractivity contribution is 9.10. The molecule has 0 aliphatic carbocycles. The average Bonchev–Trinajstić information content (AvgIpc) is 2.24. The molecule has 0 spiro atoms. The van der Waals surface area contributed by atoms with Crippen molar-refractivity contribution >= 4 is 31.5 Å². The van der Waals surface area contributed by atoms with Crippen LogP contribution in [0.4, 0.5) is 5.69 Å². The Morgan fingerprint density at radius 3 is 2.53 bits per heavy atom. The van der Waals surface area contributed by atoms with E-state index < -0.39 is 9.84 Å². The van der Waals surface area contributed by atoms with Gasteiger partial charge in [-0.2, -0.15) is 0 Å². The van der Waals surface area contributed by atoms with Crippen LogP contribution in [0.15, 0.2) is 22.7 Å². The van der Waals surface area contributed by atoms with Gasteiger partial charge in [-0.25, -0.2) is 8.42 Å². The Kier molecular flexibility index (Phi) is 4.97. The molecule has 96 valence electrons. The molecule has 1 rings (SSSR count). The summed E-state index contributed by atoms with van der Waals surface area (Å²) in [6.07, 6.45) is 1.24. The highest BCUT2D eigenvalue weighted by atomic mass is 79.9. The van der Waals surface area contributed by atoms with Crippen molar-refractivity contribution in [3.63, 3.8) is 0 Å². The lowest BCUT2D eigenvalue weighted by atomic mass is 10.2. The standard InChI is InChI=1S/C11H17BrN2O2S/c1-14(5-6-17(2,15)16)10-4-3-9(8-13)11(12)7-10/h3-4,7H,5-6,8,13H2,1-2H3. The van der Waals surface area contributed by atoms with Crippen LogP contribution in [0, 0.1) is 0 Å². The largest absolute Gasteiger partial charge is 0.374 e. The van der Waals surface area contributed by atoms with E-state index in [1.807, 2.05) is 30.1 Å². The van der Waals surface area contributed by atoms with Gasteiger partial charge < -0.3 is 10.6 Å². The van der Waals surface area contributed by atoms with Crippen LogP contribution in [0.1, 0.15) is 5.56 Å². The van der Waals surface area contributed by atoms with Crippen LogP contribution in [-0.2, 0) is 16.4 Å². The van der Waals surface area contributed by atoms with E-state index in [4.69, 9.17) is 5.73 Å².